The number of benzene rings is 1. The summed E-state index contributed by atoms with van der Waals surface area (Å²) in [5.74, 6) is -1.16. The highest BCUT2D eigenvalue weighted by molar-refractivity contribution is 5.93. The number of nitriles is 1. The van der Waals surface area contributed by atoms with Crippen LogP contribution in [-0.2, 0) is 14.3 Å². The van der Waals surface area contributed by atoms with Crippen molar-refractivity contribution < 1.29 is 23.9 Å². The third-order valence-electron chi connectivity index (χ3n) is 4.70. The molecule has 1 aliphatic rings. The number of amides is 2. The third-order valence-corrected chi connectivity index (χ3v) is 4.70. The maximum Gasteiger partial charge on any atom is 0.412 e. The summed E-state index contributed by atoms with van der Waals surface area (Å²) in [6.45, 7) is 6.75. The van der Waals surface area contributed by atoms with Crippen LogP contribution in [-0.4, -0.2) is 35.2 Å². The number of nitrogens with zero attached hydrogens (tertiary/aromatic N) is 1. The van der Waals surface area contributed by atoms with Gasteiger partial charge in [-0.05, 0) is 64.8 Å². The first kappa shape index (κ1) is 23.2. The van der Waals surface area contributed by atoms with E-state index in [2.05, 4.69) is 16.7 Å². The summed E-state index contributed by atoms with van der Waals surface area (Å²) in [6.07, 6.45) is 2.37. The normalized spacial score (nSPS) is 16.5. The Hall–Kier alpha value is -3.08. The molecule has 0 spiro atoms. The quantitative estimate of drug-likeness (QED) is 0.704. The molecule has 8 heteroatoms. The van der Waals surface area contributed by atoms with E-state index in [1.54, 1.807) is 20.8 Å². The van der Waals surface area contributed by atoms with E-state index in [-0.39, 0.29) is 5.56 Å². The molecule has 162 valence electrons. The van der Waals surface area contributed by atoms with Crippen molar-refractivity contribution >= 4 is 23.7 Å². The lowest BCUT2D eigenvalue weighted by Crippen LogP contribution is -2.52. The molecule has 0 bridgehead atoms. The molecule has 2 N–H and O–H groups in total. The van der Waals surface area contributed by atoms with E-state index in [4.69, 9.17) is 9.47 Å². The molecule has 0 heterocycles. The first-order valence-electron chi connectivity index (χ1n) is 10.1. The van der Waals surface area contributed by atoms with Gasteiger partial charge in [0, 0.05) is 5.69 Å². The largest absolute Gasteiger partial charge is 0.449 e. The van der Waals surface area contributed by atoms with Gasteiger partial charge in [-0.2, -0.15) is 5.26 Å². The van der Waals surface area contributed by atoms with Crippen LogP contribution in [0.25, 0.3) is 0 Å². The molecular formula is C22H29N3O5. The summed E-state index contributed by atoms with van der Waals surface area (Å²) in [6, 6.07) is 8.25. The zero-order chi connectivity index (χ0) is 22.4. The molecule has 0 radical (unpaired) electrons. The van der Waals surface area contributed by atoms with Crippen molar-refractivity contribution in [1.82, 2.24) is 5.32 Å². The Morgan fingerprint density at radius 2 is 1.70 bits per heavy atom. The zero-order valence-electron chi connectivity index (χ0n) is 17.9. The van der Waals surface area contributed by atoms with Crippen LogP contribution in [0.15, 0.2) is 24.3 Å². The van der Waals surface area contributed by atoms with Gasteiger partial charge < -0.3 is 14.8 Å². The second-order valence-corrected chi connectivity index (χ2v) is 8.50. The number of ether oxygens (including phenoxy) is 2. The summed E-state index contributed by atoms with van der Waals surface area (Å²) in [4.78, 5) is 36.6. The molecule has 1 aliphatic carbocycles. The Kier molecular flexibility index (Phi) is 7.43. The summed E-state index contributed by atoms with van der Waals surface area (Å²) < 4.78 is 10.4. The Balaban J connectivity index is 1.91. The van der Waals surface area contributed by atoms with Gasteiger partial charge in [0.2, 0.25) is 0 Å². The van der Waals surface area contributed by atoms with Crippen LogP contribution in [0, 0.1) is 11.3 Å². The molecule has 0 saturated heterocycles. The number of anilines is 1. The van der Waals surface area contributed by atoms with Gasteiger partial charge in [-0.3, -0.25) is 10.1 Å². The van der Waals surface area contributed by atoms with E-state index in [9.17, 15) is 19.6 Å². The van der Waals surface area contributed by atoms with Crippen molar-refractivity contribution in [2.45, 2.75) is 77.0 Å². The van der Waals surface area contributed by atoms with Crippen LogP contribution in [0.5, 0.6) is 0 Å². The Bertz CT molecular complexity index is 815. The van der Waals surface area contributed by atoms with Crippen molar-refractivity contribution in [3.05, 3.63) is 29.8 Å². The number of hydrogen-bond donors (Lipinski definition) is 2. The topological polar surface area (TPSA) is 118 Å². The van der Waals surface area contributed by atoms with Gasteiger partial charge in [0.15, 0.2) is 6.10 Å². The maximum atomic E-state index is 12.4. The Morgan fingerprint density at radius 1 is 1.10 bits per heavy atom. The molecule has 1 atom stereocenters. The molecule has 1 unspecified atom stereocenters. The fraction of sp³-hybridized carbons (Fsp3) is 0.545. The number of hydrogen-bond acceptors (Lipinski definition) is 6. The van der Waals surface area contributed by atoms with Gasteiger partial charge in [0.25, 0.3) is 5.91 Å². The first-order valence-corrected chi connectivity index (χ1v) is 10.1. The average molecular weight is 415 g/mol. The second kappa shape index (κ2) is 9.61. The fourth-order valence-electron chi connectivity index (χ4n) is 3.15. The average Bonchev–Trinajstić information content (AvgIpc) is 2.67. The number of nitrogens with one attached hydrogen (secondary N) is 2. The highest BCUT2D eigenvalue weighted by atomic mass is 16.6. The summed E-state index contributed by atoms with van der Waals surface area (Å²) in [7, 11) is 0. The Morgan fingerprint density at radius 3 is 2.23 bits per heavy atom. The predicted molar refractivity (Wildman–Crippen MR) is 111 cm³/mol. The molecule has 1 saturated carbocycles. The molecule has 0 aliphatic heterocycles. The van der Waals surface area contributed by atoms with Gasteiger partial charge in [0.1, 0.15) is 11.1 Å². The van der Waals surface area contributed by atoms with Crippen LogP contribution in [0.2, 0.25) is 0 Å². The van der Waals surface area contributed by atoms with Crippen molar-refractivity contribution in [3.8, 4) is 6.07 Å². The molecule has 2 amide bonds. The molecular weight excluding hydrogens is 386 g/mol. The molecule has 2 rings (SSSR count). The van der Waals surface area contributed by atoms with Crippen molar-refractivity contribution in [2.75, 3.05) is 5.32 Å². The lowest BCUT2D eigenvalue weighted by molar-refractivity contribution is -0.130. The highest BCUT2D eigenvalue weighted by Gasteiger charge is 2.35. The summed E-state index contributed by atoms with van der Waals surface area (Å²) >= 11 is 0. The number of esters is 1. The van der Waals surface area contributed by atoms with Crippen LogP contribution in [0.3, 0.4) is 0 Å². The van der Waals surface area contributed by atoms with E-state index >= 15 is 0 Å². The summed E-state index contributed by atoms with van der Waals surface area (Å²) in [5.41, 5.74) is -0.811. The van der Waals surface area contributed by atoms with E-state index in [0.29, 0.717) is 18.5 Å². The highest BCUT2D eigenvalue weighted by Crippen LogP contribution is 2.27. The van der Waals surface area contributed by atoms with Crippen LogP contribution < -0.4 is 10.6 Å². The second-order valence-electron chi connectivity index (χ2n) is 8.50. The van der Waals surface area contributed by atoms with E-state index in [1.165, 1.54) is 31.2 Å². The molecule has 0 aromatic heterocycles. The molecule has 1 fully saturated rings. The standard InChI is InChI=1S/C22H29N3O5/c1-15(18(26)25-22(14-23)12-6-5-7-13-22)29-19(27)16-8-10-17(11-9-16)24-20(28)30-21(2,3)4/h8-11,15H,5-7,12-13H2,1-4H3,(H,24,28)(H,25,26). The minimum atomic E-state index is -1.04. The number of rotatable bonds is 5. The minimum absolute atomic E-state index is 0.233. The predicted octanol–water partition coefficient (Wildman–Crippen LogP) is 3.92. The summed E-state index contributed by atoms with van der Waals surface area (Å²) in [5, 5.41) is 14.8. The van der Waals surface area contributed by atoms with E-state index in [1.807, 2.05) is 0 Å². The first-order chi connectivity index (χ1) is 14.0. The molecule has 1 aromatic carbocycles. The van der Waals surface area contributed by atoms with Gasteiger partial charge in [-0.1, -0.05) is 19.3 Å². The lowest BCUT2D eigenvalue weighted by atomic mass is 9.83. The third kappa shape index (κ3) is 6.76. The lowest BCUT2D eigenvalue weighted by Gasteiger charge is -2.32. The monoisotopic (exact) mass is 415 g/mol. The molecule has 1 aromatic rings. The van der Waals surface area contributed by atoms with Crippen LogP contribution >= 0.6 is 0 Å². The van der Waals surface area contributed by atoms with Gasteiger partial charge in [0.05, 0.1) is 11.6 Å². The van der Waals surface area contributed by atoms with Crippen LogP contribution in [0.1, 0.15) is 70.2 Å². The zero-order valence-corrected chi connectivity index (χ0v) is 17.9. The SMILES string of the molecule is CC(OC(=O)c1ccc(NC(=O)OC(C)(C)C)cc1)C(=O)NC1(C#N)CCCCC1. The van der Waals surface area contributed by atoms with Crippen molar-refractivity contribution in [1.29, 1.82) is 5.26 Å². The maximum absolute atomic E-state index is 12.4. The van der Waals surface area contributed by atoms with Gasteiger partial charge >= 0.3 is 12.1 Å². The van der Waals surface area contributed by atoms with E-state index in [0.717, 1.165) is 19.3 Å². The smallest absolute Gasteiger partial charge is 0.412 e. The number of carbonyl (C=O) groups excluding carboxylic acids is 3. The number of carbonyl (C=O) groups is 3. The Labute approximate surface area is 176 Å². The van der Waals surface area contributed by atoms with Crippen LogP contribution in [0.4, 0.5) is 10.5 Å². The van der Waals surface area contributed by atoms with Gasteiger partial charge in [-0.15, -0.1) is 0 Å². The minimum Gasteiger partial charge on any atom is -0.449 e. The molecule has 30 heavy (non-hydrogen) atoms. The van der Waals surface area contributed by atoms with Crippen molar-refractivity contribution in [3.63, 3.8) is 0 Å². The van der Waals surface area contributed by atoms with Crippen molar-refractivity contribution in [2.24, 2.45) is 0 Å². The fourth-order valence-corrected chi connectivity index (χ4v) is 3.15. The molecule has 8 nitrogen and oxygen atoms in total. The van der Waals surface area contributed by atoms with E-state index < -0.39 is 35.2 Å². The van der Waals surface area contributed by atoms with Gasteiger partial charge in [-0.25, -0.2) is 9.59 Å².